The number of aliphatic carboxylic acids is 1. The number of benzene rings is 4. The van der Waals surface area contributed by atoms with Crippen molar-refractivity contribution < 1.29 is 97.5 Å². The lowest BCUT2D eigenvalue weighted by Crippen LogP contribution is -2.63. The number of aliphatic hydroxyl groups is 3. The predicted octanol–water partition coefficient (Wildman–Crippen LogP) is -5.21. The maximum atomic E-state index is 15.4. The van der Waals surface area contributed by atoms with Gasteiger partial charge in [-0.1, -0.05) is 113 Å². The Morgan fingerprint density at radius 3 is 1.37 bits per heavy atom. The lowest BCUT2D eigenvalue weighted by atomic mass is 10.00. The Hall–Kier alpha value is -11.3. The minimum Gasteiger partial charge on any atom is -0.508 e. The van der Waals surface area contributed by atoms with Crippen molar-refractivity contribution in [3.05, 3.63) is 138 Å². The molecule has 1 saturated heterocycles. The number of rotatable bonds is 26. The number of nitrogens with one attached hydrogen (secondary N) is 14. The number of amides is 14. The largest absolute Gasteiger partial charge is 0.508 e. The Morgan fingerprint density at radius 1 is 0.483 bits per heavy atom. The number of hydrogen-bond acceptors (Lipinski definition) is 24. The molecule has 1 aliphatic rings. The summed E-state index contributed by atoms with van der Waals surface area (Å²) in [5.41, 5.74) is 25.4. The number of phenolic OH excluding ortho intramolecular Hbond substituents is 1. The fraction of sp³-hybridized carbons (Fsp3) is 0.461. The number of carboxylic acids is 1. The van der Waals surface area contributed by atoms with E-state index in [1.807, 2.05) is 0 Å². The van der Waals surface area contributed by atoms with Gasteiger partial charge >= 0.3 is 5.97 Å². The van der Waals surface area contributed by atoms with E-state index >= 15 is 14.4 Å². The van der Waals surface area contributed by atoms with Crippen molar-refractivity contribution in [2.75, 3.05) is 37.7 Å². The first kappa shape index (κ1) is 93.6. The topological polar surface area (TPSA) is 633 Å². The molecular formula is C76H104N18O20S2. The number of unbranched alkanes of at least 4 members (excludes halogenated alkanes) is 2. The van der Waals surface area contributed by atoms with E-state index in [-0.39, 0.29) is 75.8 Å². The maximum absolute atomic E-state index is 15.4. The molecule has 27 N–H and O–H groups in total. The quantitative estimate of drug-likeness (QED) is 0.0182. The van der Waals surface area contributed by atoms with Crippen molar-refractivity contribution in [2.45, 2.75) is 182 Å². The number of para-hydroxylation sites is 1. The minimum absolute atomic E-state index is 0.0986. The second kappa shape index (κ2) is 47.6. The van der Waals surface area contributed by atoms with E-state index in [9.17, 15) is 83.1 Å². The molecule has 2 heterocycles. The molecule has 14 amide bonds. The van der Waals surface area contributed by atoms with Gasteiger partial charge in [0.1, 0.15) is 78.3 Å². The number of aromatic nitrogens is 1. The van der Waals surface area contributed by atoms with Crippen molar-refractivity contribution in [1.82, 2.24) is 74.1 Å². The lowest BCUT2D eigenvalue weighted by molar-refractivity contribution is -0.142. The summed E-state index contributed by atoms with van der Waals surface area (Å²) in [6.45, 7) is 1.77. The van der Waals surface area contributed by atoms with Crippen molar-refractivity contribution >= 4 is 121 Å². The summed E-state index contributed by atoms with van der Waals surface area (Å²) in [5, 5.41) is 86.0. The highest BCUT2D eigenvalue weighted by molar-refractivity contribution is 8.76. The standard InChI is InChI=1S/C76H104N18O20S2/c1-40(79)64(101)82-36-61(100)83-58-38-115-116-39-59(76(113)114)92-72(109)57(37-95)91-75(112)63(42(3)97)94-71(108)54(32-45-24-26-47(98)27-25-45)90-74(111)62(41(2)96)93-66(103)51(23-13-15-29-78)84-69(106)55(33-46-35-81-49-21-11-10-20-48(46)49)88-68(105)53(31-44-18-8-5-9-19-44)86-67(104)52(30-43-16-6-4-7-17-43)87-70(107)56(34-60(80)99)89-65(102)50(85-73(58)110)22-12-14-28-77/h4-11,16-21,24-27,35,40-42,50-59,62-63,81,95-98H,12-15,22-23,28-34,36-39,77-79H2,1-3H3,(H2,80,99)(H,82,101)(H,83,100)(H,84,106)(H,85,110)(H,86,104)(H,87,107)(H,88,105)(H,89,102)(H,90,111)(H,91,112)(H,92,109)(H,93,103)(H,94,108)(H,113,114)/t40-,41+,42+,50-,51-,52?,53-,54?,55?,56-,57?,58-,59-,62-,63-/m0/s1. The third-order valence-electron chi connectivity index (χ3n) is 18.4. The average Bonchev–Trinajstić information content (AvgIpc) is 1.51. The van der Waals surface area contributed by atoms with Crippen molar-refractivity contribution in [3.63, 3.8) is 0 Å². The number of aromatic hydroxyl groups is 1. The molecule has 0 radical (unpaired) electrons. The number of aromatic amines is 1. The number of phenols is 1. The molecule has 0 aliphatic carbocycles. The zero-order chi connectivity index (χ0) is 85.1. The van der Waals surface area contributed by atoms with Gasteiger partial charge in [-0.3, -0.25) is 67.1 Å². The van der Waals surface area contributed by atoms with Crippen molar-refractivity contribution in [3.8, 4) is 5.75 Å². The average molecular weight is 1650 g/mol. The van der Waals surface area contributed by atoms with Gasteiger partial charge in [0.25, 0.3) is 0 Å². The van der Waals surface area contributed by atoms with Gasteiger partial charge in [0, 0.05) is 54.3 Å². The Balaban J connectivity index is 1.47. The van der Waals surface area contributed by atoms with Crippen LogP contribution >= 0.6 is 21.6 Å². The summed E-state index contributed by atoms with van der Waals surface area (Å²) in [4.78, 5) is 217. The normalized spacial score (nSPS) is 23.6. The van der Waals surface area contributed by atoms with E-state index in [1.54, 1.807) is 91.1 Å². The Bertz CT molecular complexity index is 4180. The van der Waals surface area contributed by atoms with Gasteiger partial charge < -0.3 is 123 Å². The summed E-state index contributed by atoms with van der Waals surface area (Å²) < 4.78 is 0. The molecule has 116 heavy (non-hydrogen) atoms. The number of primary amides is 1. The summed E-state index contributed by atoms with van der Waals surface area (Å²) in [7, 11) is 1.47. The van der Waals surface area contributed by atoms with Crippen LogP contribution in [0.4, 0.5) is 0 Å². The first-order valence-electron chi connectivity index (χ1n) is 37.5. The number of nitrogens with two attached hydrogens (primary N) is 4. The molecule has 1 aliphatic heterocycles. The zero-order valence-electron chi connectivity index (χ0n) is 64.1. The molecule has 4 unspecified atom stereocenters. The summed E-state index contributed by atoms with van der Waals surface area (Å²) in [6.07, 6.45) is -3.78. The summed E-state index contributed by atoms with van der Waals surface area (Å²) >= 11 is 0. The third-order valence-corrected chi connectivity index (χ3v) is 20.8. The fourth-order valence-electron chi connectivity index (χ4n) is 12.0. The SMILES string of the molecule is C[C@H](N)C(=O)NCC(=O)N[C@H]1CSSC[C@@H](C(=O)O)NC(=O)C(CO)NC(=O)[C@H]([C@@H](C)O)NC(=O)C(Cc2ccc(O)cc2)NC(=O)[C@H]([C@@H](C)O)NC(=O)[C@H](CCCCN)NC(=O)C(Cc2c[nH]c3ccccc23)NC(=O)[C@H](Cc2ccccc2)NC(=O)C(Cc2ccccc2)NC(=O)[C@H](CC(N)=O)NC(=O)[C@H](CCCCN)NC1=O. The zero-order valence-corrected chi connectivity index (χ0v) is 65.8. The van der Waals surface area contributed by atoms with Crippen molar-refractivity contribution in [1.29, 1.82) is 0 Å². The van der Waals surface area contributed by atoms with Crippen LogP contribution in [0.15, 0.2) is 115 Å². The van der Waals surface area contributed by atoms with E-state index in [1.165, 1.54) is 31.2 Å². The smallest absolute Gasteiger partial charge is 0.327 e. The molecule has 0 spiro atoms. The van der Waals surface area contributed by atoms with Gasteiger partial charge in [0.2, 0.25) is 82.7 Å². The molecule has 4 aromatic carbocycles. The Labute approximate surface area is 675 Å². The summed E-state index contributed by atoms with van der Waals surface area (Å²) in [6, 6.07) is 6.37. The lowest BCUT2D eigenvalue weighted by Gasteiger charge is -2.29. The molecule has 1 fully saturated rings. The van der Waals surface area contributed by atoms with Crippen LogP contribution in [0.2, 0.25) is 0 Å². The summed E-state index contributed by atoms with van der Waals surface area (Å²) in [5.74, 6) is -18.2. The Kier molecular flexibility index (Phi) is 38.4. The molecule has 15 atom stereocenters. The van der Waals surface area contributed by atoms with E-state index in [2.05, 4.69) is 74.1 Å². The van der Waals surface area contributed by atoms with Crippen LogP contribution in [0.1, 0.15) is 88.0 Å². The van der Waals surface area contributed by atoms with Gasteiger partial charge in [-0.25, -0.2) is 4.79 Å². The Morgan fingerprint density at radius 2 is 0.888 bits per heavy atom. The van der Waals surface area contributed by atoms with Crippen LogP contribution in [0.25, 0.3) is 10.9 Å². The van der Waals surface area contributed by atoms with E-state index in [0.29, 0.717) is 34.0 Å². The third kappa shape index (κ3) is 30.5. The number of carbonyl (C=O) groups is 15. The fourth-order valence-corrected chi connectivity index (χ4v) is 14.3. The van der Waals surface area contributed by atoms with Gasteiger partial charge in [-0.2, -0.15) is 0 Å². The van der Waals surface area contributed by atoms with Crippen LogP contribution in [0.3, 0.4) is 0 Å². The van der Waals surface area contributed by atoms with Gasteiger partial charge in [-0.15, -0.1) is 0 Å². The van der Waals surface area contributed by atoms with E-state index < -0.39 is 217 Å². The molecule has 0 bridgehead atoms. The van der Waals surface area contributed by atoms with Crippen LogP contribution in [-0.4, -0.2) is 248 Å². The first-order chi connectivity index (χ1) is 55.3. The second-order valence-electron chi connectivity index (χ2n) is 27.8. The molecule has 630 valence electrons. The highest BCUT2D eigenvalue weighted by atomic mass is 33.1. The number of carbonyl (C=O) groups excluding carboxylic acids is 14. The molecule has 0 saturated carbocycles. The first-order valence-corrected chi connectivity index (χ1v) is 40.0. The van der Waals surface area contributed by atoms with Gasteiger partial charge in [0.15, 0.2) is 0 Å². The minimum atomic E-state index is -2.03. The van der Waals surface area contributed by atoms with E-state index in [4.69, 9.17) is 22.9 Å². The number of hydrogen-bond donors (Lipinski definition) is 23. The molecule has 1 aromatic heterocycles. The maximum Gasteiger partial charge on any atom is 0.327 e. The molecule has 6 rings (SSSR count). The number of fused-ring (bicyclic) bond motifs is 1. The molecular weight excluding hydrogens is 1550 g/mol. The van der Waals surface area contributed by atoms with Crippen LogP contribution in [0, 0.1) is 0 Å². The van der Waals surface area contributed by atoms with Gasteiger partial charge in [-0.05, 0) is 113 Å². The monoisotopic (exact) mass is 1650 g/mol. The highest BCUT2D eigenvalue weighted by Crippen LogP contribution is 2.25. The molecule has 5 aromatic rings. The van der Waals surface area contributed by atoms with Crippen LogP contribution in [0.5, 0.6) is 5.75 Å². The van der Waals surface area contributed by atoms with E-state index in [0.717, 1.165) is 35.4 Å². The van der Waals surface area contributed by atoms with Crippen molar-refractivity contribution in [2.24, 2.45) is 22.9 Å². The van der Waals surface area contributed by atoms with Crippen LogP contribution < -0.4 is 92.1 Å². The van der Waals surface area contributed by atoms with Crippen LogP contribution in [-0.2, 0) is 97.6 Å². The molecule has 40 heteroatoms. The molecule has 38 nitrogen and oxygen atoms in total. The number of carboxylic acid groups (broad SMARTS) is 1. The van der Waals surface area contributed by atoms with Gasteiger partial charge in [0.05, 0.1) is 37.8 Å². The number of H-pyrrole nitrogens is 1. The number of aliphatic hydroxyl groups excluding tert-OH is 3. The predicted molar refractivity (Wildman–Crippen MR) is 427 cm³/mol. The highest BCUT2D eigenvalue weighted by Gasteiger charge is 2.40. The second-order valence-corrected chi connectivity index (χ2v) is 30.3.